The van der Waals surface area contributed by atoms with Crippen molar-refractivity contribution in [2.45, 2.75) is 25.3 Å². The van der Waals surface area contributed by atoms with Crippen LogP contribution in [0.15, 0.2) is 4.99 Å². The number of amides is 1. The fourth-order valence-corrected chi connectivity index (χ4v) is 4.17. The molecule has 4 aliphatic rings. The molecule has 0 spiro atoms. The number of likely N-dealkylation sites (tertiary alicyclic amines) is 1. The maximum atomic E-state index is 11.5. The van der Waals surface area contributed by atoms with E-state index >= 15 is 0 Å². The number of fused-ring (bicyclic) bond motifs is 3. The number of nitrogens with one attached hydrogen (secondary N) is 2. The zero-order valence-corrected chi connectivity index (χ0v) is 17.9. The van der Waals surface area contributed by atoms with E-state index in [1.54, 1.807) is 7.05 Å². The zero-order valence-electron chi connectivity index (χ0n) is 15.5. The molecule has 0 saturated carbocycles. The van der Waals surface area contributed by atoms with Crippen molar-refractivity contribution in [3.8, 4) is 0 Å². The third-order valence-electron chi connectivity index (χ3n) is 5.77. The van der Waals surface area contributed by atoms with E-state index in [4.69, 9.17) is 0 Å². The number of halogens is 1. The lowest BCUT2D eigenvalue weighted by Gasteiger charge is -2.47. The number of piperidine rings is 1. The molecule has 2 bridgehead atoms. The van der Waals surface area contributed by atoms with Gasteiger partial charge in [-0.25, -0.2) is 0 Å². The molecule has 2 N–H and O–H groups in total. The van der Waals surface area contributed by atoms with E-state index in [0.29, 0.717) is 18.4 Å². The Balaban J connectivity index is 0.00000225. The summed E-state index contributed by atoms with van der Waals surface area (Å²) in [5, 5.41) is 6.32. The quantitative estimate of drug-likeness (QED) is 0.349. The molecule has 0 aromatic carbocycles. The first kappa shape index (κ1) is 20.7. The standard InChI is InChI=1S/C17H32N6O.HI/c1-18-16(24)11-14-3-5-23(6-4-14)17(19-2)20-12-15-13-21-7-9-22(15)10-8-21;/h14-15H,3-13H2,1-2H3,(H,18,24)(H,19,20);1H. The van der Waals surface area contributed by atoms with Gasteiger partial charge in [-0.15, -0.1) is 24.0 Å². The second-order valence-corrected chi connectivity index (χ2v) is 7.23. The van der Waals surface area contributed by atoms with Gasteiger partial charge in [0.25, 0.3) is 0 Å². The minimum atomic E-state index is 0. The monoisotopic (exact) mass is 464 g/mol. The van der Waals surface area contributed by atoms with Crippen molar-refractivity contribution in [2.24, 2.45) is 10.9 Å². The number of rotatable bonds is 4. The van der Waals surface area contributed by atoms with Crippen LogP contribution in [0.25, 0.3) is 0 Å². The van der Waals surface area contributed by atoms with E-state index in [9.17, 15) is 4.79 Å². The molecular weight excluding hydrogens is 431 g/mol. The van der Waals surface area contributed by atoms with Crippen LogP contribution in [0.2, 0.25) is 0 Å². The van der Waals surface area contributed by atoms with Crippen LogP contribution in [-0.2, 0) is 4.79 Å². The van der Waals surface area contributed by atoms with Gasteiger partial charge in [-0.3, -0.25) is 19.6 Å². The molecule has 4 heterocycles. The summed E-state index contributed by atoms with van der Waals surface area (Å²) in [5.41, 5.74) is 0. The van der Waals surface area contributed by atoms with Crippen LogP contribution < -0.4 is 10.6 Å². The highest BCUT2D eigenvalue weighted by Gasteiger charge is 2.32. The number of hydrogen-bond donors (Lipinski definition) is 2. The first-order chi connectivity index (χ1) is 11.7. The third-order valence-corrected chi connectivity index (χ3v) is 5.77. The number of hydrogen-bond acceptors (Lipinski definition) is 4. The highest BCUT2D eigenvalue weighted by Crippen LogP contribution is 2.20. The molecule has 4 fully saturated rings. The number of aliphatic imine (C=N–C) groups is 1. The number of piperazine rings is 3. The summed E-state index contributed by atoms with van der Waals surface area (Å²) < 4.78 is 0. The van der Waals surface area contributed by atoms with Gasteiger partial charge in [0.2, 0.25) is 5.91 Å². The van der Waals surface area contributed by atoms with Crippen molar-refractivity contribution >= 4 is 35.8 Å². The summed E-state index contributed by atoms with van der Waals surface area (Å²) in [5.74, 6) is 1.69. The van der Waals surface area contributed by atoms with Crippen LogP contribution in [0.1, 0.15) is 19.3 Å². The van der Waals surface area contributed by atoms with Gasteiger partial charge >= 0.3 is 0 Å². The highest BCUT2D eigenvalue weighted by atomic mass is 127. The van der Waals surface area contributed by atoms with Crippen molar-refractivity contribution in [3.05, 3.63) is 0 Å². The van der Waals surface area contributed by atoms with Gasteiger partial charge in [0.05, 0.1) is 0 Å². The van der Waals surface area contributed by atoms with Crippen LogP contribution in [0.3, 0.4) is 0 Å². The van der Waals surface area contributed by atoms with E-state index in [-0.39, 0.29) is 29.9 Å². The van der Waals surface area contributed by atoms with E-state index in [2.05, 4.69) is 30.3 Å². The summed E-state index contributed by atoms with van der Waals surface area (Å²) in [6.45, 7) is 8.99. The second-order valence-electron chi connectivity index (χ2n) is 7.23. The van der Waals surface area contributed by atoms with E-state index in [1.165, 1.54) is 32.7 Å². The van der Waals surface area contributed by atoms with Gasteiger partial charge < -0.3 is 15.5 Å². The molecule has 4 rings (SSSR count). The summed E-state index contributed by atoms with van der Waals surface area (Å²) in [6, 6.07) is 0.607. The average molecular weight is 464 g/mol. The lowest BCUT2D eigenvalue weighted by molar-refractivity contribution is -0.121. The average Bonchev–Trinajstić information content (AvgIpc) is 2.64. The Bertz CT molecular complexity index is 458. The van der Waals surface area contributed by atoms with Crippen LogP contribution in [0.5, 0.6) is 0 Å². The van der Waals surface area contributed by atoms with Crippen molar-refractivity contribution in [1.82, 2.24) is 25.3 Å². The molecule has 4 aliphatic heterocycles. The molecule has 0 aromatic heterocycles. The Morgan fingerprint density at radius 3 is 2.32 bits per heavy atom. The van der Waals surface area contributed by atoms with Crippen molar-refractivity contribution in [1.29, 1.82) is 0 Å². The Morgan fingerprint density at radius 2 is 1.80 bits per heavy atom. The van der Waals surface area contributed by atoms with Crippen LogP contribution >= 0.6 is 24.0 Å². The maximum Gasteiger partial charge on any atom is 0.220 e. The fourth-order valence-electron chi connectivity index (χ4n) is 4.17. The van der Waals surface area contributed by atoms with Crippen molar-refractivity contribution in [2.75, 3.05) is 66.5 Å². The molecule has 0 aromatic rings. The minimum absolute atomic E-state index is 0. The summed E-state index contributed by atoms with van der Waals surface area (Å²) >= 11 is 0. The Kier molecular flexibility index (Phi) is 8.21. The van der Waals surface area contributed by atoms with Crippen LogP contribution in [0, 0.1) is 5.92 Å². The smallest absolute Gasteiger partial charge is 0.220 e. The Hall–Kier alpha value is -0.610. The summed E-state index contributed by atoms with van der Waals surface area (Å²) in [6.07, 6.45) is 2.79. The molecule has 0 aliphatic carbocycles. The van der Waals surface area contributed by atoms with Crippen LogP contribution in [0.4, 0.5) is 0 Å². The molecule has 25 heavy (non-hydrogen) atoms. The Labute approximate surface area is 168 Å². The summed E-state index contributed by atoms with van der Waals surface area (Å²) in [7, 11) is 3.59. The number of carbonyl (C=O) groups is 1. The van der Waals surface area contributed by atoms with Gasteiger partial charge in [-0.2, -0.15) is 0 Å². The lowest BCUT2D eigenvalue weighted by Crippen LogP contribution is -2.64. The third kappa shape index (κ3) is 5.43. The van der Waals surface area contributed by atoms with Crippen LogP contribution in [-0.4, -0.2) is 99.1 Å². The topological polar surface area (TPSA) is 63.2 Å². The molecule has 0 radical (unpaired) electrons. The van der Waals surface area contributed by atoms with E-state index in [1.807, 2.05) is 7.05 Å². The molecule has 8 heteroatoms. The van der Waals surface area contributed by atoms with Crippen molar-refractivity contribution < 1.29 is 4.79 Å². The van der Waals surface area contributed by atoms with Gasteiger partial charge in [0, 0.05) is 78.9 Å². The minimum Gasteiger partial charge on any atom is -0.359 e. The van der Waals surface area contributed by atoms with Gasteiger partial charge in [-0.1, -0.05) is 0 Å². The fraction of sp³-hybridized carbons (Fsp3) is 0.882. The van der Waals surface area contributed by atoms with Crippen molar-refractivity contribution in [3.63, 3.8) is 0 Å². The first-order valence-corrected chi connectivity index (χ1v) is 9.32. The molecule has 1 amide bonds. The number of carbonyl (C=O) groups excluding carboxylic acids is 1. The largest absolute Gasteiger partial charge is 0.359 e. The van der Waals surface area contributed by atoms with Gasteiger partial charge in [0.15, 0.2) is 5.96 Å². The SMILES string of the molecule is CN=C(NCC1CN2CCN1CC2)N1CCC(CC(=O)NC)CC1.I. The normalized spacial score (nSPS) is 29.9. The predicted molar refractivity (Wildman–Crippen MR) is 112 cm³/mol. The second kappa shape index (κ2) is 9.91. The number of nitrogens with zero attached hydrogens (tertiary/aromatic N) is 4. The molecule has 1 atom stereocenters. The number of guanidine groups is 1. The lowest BCUT2D eigenvalue weighted by atomic mass is 9.93. The summed E-state index contributed by atoms with van der Waals surface area (Å²) in [4.78, 5) is 23.5. The van der Waals surface area contributed by atoms with E-state index in [0.717, 1.165) is 38.4 Å². The Morgan fingerprint density at radius 1 is 1.12 bits per heavy atom. The van der Waals surface area contributed by atoms with E-state index < -0.39 is 0 Å². The molecular formula is C17H33IN6O. The highest BCUT2D eigenvalue weighted by molar-refractivity contribution is 14.0. The maximum absolute atomic E-state index is 11.5. The van der Waals surface area contributed by atoms with Gasteiger partial charge in [-0.05, 0) is 18.8 Å². The molecule has 1 unspecified atom stereocenters. The molecule has 7 nitrogen and oxygen atoms in total. The first-order valence-electron chi connectivity index (χ1n) is 9.32. The van der Waals surface area contributed by atoms with Gasteiger partial charge in [0.1, 0.15) is 0 Å². The predicted octanol–water partition coefficient (Wildman–Crippen LogP) is 0.0277. The zero-order chi connectivity index (χ0) is 16.9. The molecule has 4 saturated heterocycles. The molecule has 144 valence electrons.